The summed E-state index contributed by atoms with van der Waals surface area (Å²) >= 11 is 0. The molecule has 0 heterocycles. The molecule has 0 saturated heterocycles. The third-order valence-corrected chi connectivity index (χ3v) is 5.48. The summed E-state index contributed by atoms with van der Waals surface area (Å²) in [5.41, 5.74) is 0.756. The van der Waals surface area contributed by atoms with E-state index in [9.17, 15) is 12.8 Å². The quantitative estimate of drug-likeness (QED) is 0.277. The van der Waals surface area contributed by atoms with Crippen LogP contribution in [0.4, 0.5) is 4.39 Å². The lowest BCUT2D eigenvalue weighted by atomic mass is 9.86. The molecule has 1 aliphatic rings. The van der Waals surface area contributed by atoms with E-state index in [1.807, 2.05) is 6.92 Å². The number of hydrogen-bond donors (Lipinski definition) is 3. The highest BCUT2D eigenvalue weighted by molar-refractivity contribution is 14.0. The zero-order valence-corrected chi connectivity index (χ0v) is 18.1. The number of halogens is 2. The molecule has 0 aliphatic heterocycles. The zero-order chi connectivity index (χ0) is 18.1. The molecule has 1 aromatic carbocycles. The first-order valence-electron chi connectivity index (χ1n) is 8.72. The van der Waals surface area contributed by atoms with Crippen LogP contribution in [0.5, 0.6) is 0 Å². The number of rotatable bonds is 9. The van der Waals surface area contributed by atoms with Crippen molar-refractivity contribution in [2.45, 2.75) is 32.7 Å². The fourth-order valence-corrected chi connectivity index (χ4v) is 3.47. The second-order valence-corrected chi connectivity index (χ2v) is 8.14. The van der Waals surface area contributed by atoms with E-state index < -0.39 is 10.0 Å². The van der Waals surface area contributed by atoms with Gasteiger partial charge in [0.15, 0.2) is 5.96 Å². The lowest BCUT2D eigenvalue weighted by Crippen LogP contribution is -2.42. The third kappa shape index (κ3) is 8.63. The largest absolute Gasteiger partial charge is 0.357 e. The van der Waals surface area contributed by atoms with Gasteiger partial charge in [0.25, 0.3) is 0 Å². The van der Waals surface area contributed by atoms with Crippen LogP contribution in [-0.4, -0.2) is 39.8 Å². The lowest BCUT2D eigenvalue weighted by Gasteiger charge is -2.25. The number of benzene rings is 1. The van der Waals surface area contributed by atoms with E-state index in [0.717, 1.165) is 18.4 Å². The SMILES string of the molecule is CCNC(=NCc1cccc(F)c1)NCCS(=O)(=O)NCC1CCC1.I. The fraction of sp³-hybridized carbons (Fsp3) is 0.588. The first-order valence-corrected chi connectivity index (χ1v) is 10.4. The van der Waals surface area contributed by atoms with Crippen molar-refractivity contribution >= 4 is 40.0 Å². The minimum Gasteiger partial charge on any atom is -0.357 e. The third-order valence-electron chi connectivity index (χ3n) is 4.13. The van der Waals surface area contributed by atoms with Crippen molar-refractivity contribution in [3.05, 3.63) is 35.6 Å². The van der Waals surface area contributed by atoms with Crippen molar-refractivity contribution in [1.29, 1.82) is 0 Å². The first kappa shape index (κ1) is 23.1. The van der Waals surface area contributed by atoms with Crippen molar-refractivity contribution in [3.8, 4) is 0 Å². The first-order chi connectivity index (χ1) is 12.0. The fourth-order valence-electron chi connectivity index (χ4n) is 2.47. The minimum atomic E-state index is -3.28. The summed E-state index contributed by atoms with van der Waals surface area (Å²) in [6.07, 6.45) is 3.41. The van der Waals surface area contributed by atoms with E-state index in [2.05, 4.69) is 20.3 Å². The van der Waals surface area contributed by atoms with Gasteiger partial charge in [0.1, 0.15) is 5.82 Å². The predicted molar refractivity (Wildman–Crippen MR) is 114 cm³/mol. The molecular formula is C17H28FIN4O2S. The molecule has 0 unspecified atom stereocenters. The number of nitrogens with zero attached hydrogens (tertiary/aromatic N) is 1. The van der Waals surface area contributed by atoms with Gasteiger partial charge in [-0.05, 0) is 43.4 Å². The number of sulfonamides is 1. The summed E-state index contributed by atoms with van der Waals surface area (Å²) in [7, 11) is -3.28. The molecule has 1 fully saturated rings. The summed E-state index contributed by atoms with van der Waals surface area (Å²) in [6.45, 7) is 3.70. The lowest BCUT2D eigenvalue weighted by molar-refractivity contribution is 0.316. The zero-order valence-electron chi connectivity index (χ0n) is 15.0. The molecule has 0 atom stereocenters. The molecule has 0 amide bonds. The van der Waals surface area contributed by atoms with Crippen LogP contribution in [-0.2, 0) is 16.6 Å². The molecule has 2 rings (SSSR count). The monoisotopic (exact) mass is 498 g/mol. The van der Waals surface area contributed by atoms with Gasteiger partial charge in [0.2, 0.25) is 10.0 Å². The Morgan fingerprint density at radius 3 is 2.69 bits per heavy atom. The van der Waals surface area contributed by atoms with Crippen molar-refractivity contribution < 1.29 is 12.8 Å². The topological polar surface area (TPSA) is 82.6 Å². The molecular weight excluding hydrogens is 470 g/mol. The maximum atomic E-state index is 13.2. The summed E-state index contributed by atoms with van der Waals surface area (Å²) in [4.78, 5) is 4.35. The van der Waals surface area contributed by atoms with Crippen molar-refractivity contribution in [2.75, 3.05) is 25.4 Å². The molecule has 1 saturated carbocycles. The van der Waals surface area contributed by atoms with Crippen LogP contribution in [0.3, 0.4) is 0 Å². The maximum absolute atomic E-state index is 13.2. The standard InChI is InChI=1S/C17H27FN4O2S.HI/c1-2-19-17(21-12-15-7-4-8-16(18)11-15)20-9-10-25(23,24)22-13-14-5-3-6-14;/h4,7-8,11,14,22H,2-3,5-6,9-10,12-13H2,1H3,(H2,19,20,21);1H. The summed E-state index contributed by atoms with van der Waals surface area (Å²) in [5.74, 6) is 0.701. The summed E-state index contributed by atoms with van der Waals surface area (Å²) in [5, 5.41) is 6.06. The smallest absolute Gasteiger partial charge is 0.213 e. The Morgan fingerprint density at radius 2 is 2.08 bits per heavy atom. The Kier molecular flexibility index (Phi) is 10.4. The van der Waals surface area contributed by atoms with Crippen LogP contribution in [0, 0.1) is 11.7 Å². The highest BCUT2D eigenvalue weighted by Crippen LogP contribution is 2.25. The van der Waals surface area contributed by atoms with Gasteiger partial charge in [-0.3, -0.25) is 0 Å². The van der Waals surface area contributed by atoms with Crippen molar-refractivity contribution in [1.82, 2.24) is 15.4 Å². The molecule has 0 radical (unpaired) electrons. The molecule has 1 aliphatic carbocycles. The molecule has 3 N–H and O–H groups in total. The van der Waals surface area contributed by atoms with E-state index in [4.69, 9.17) is 0 Å². The number of nitrogens with one attached hydrogen (secondary N) is 3. The summed E-state index contributed by atoms with van der Waals surface area (Å²) in [6, 6.07) is 6.26. The normalized spacial score (nSPS) is 15.1. The van der Waals surface area contributed by atoms with Crippen LogP contribution >= 0.6 is 24.0 Å². The van der Waals surface area contributed by atoms with Crippen molar-refractivity contribution in [3.63, 3.8) is 0 Å². The average Bonchev–Trinajstić information content (AvgIpc) is 2.51. The second-order valence-electron chi connectivity index (χ2n) is 6.22. The average molecular weight is 498 g/mol. The predicted octanol–water partition coefficient (Wildman–Crippen LogP) is 2.22. The van der Waals surface area contributed by atoms with Gasteiger partial charge in [-0.2, -0.15) is 0 Å². The van der Waals surface area contributed by atoms with E-state index in [1.165, 1.54) is 18.6 Å². The Morgan fingerprint density at radius 1 is 1.31 bits per heavy atom. The molecule has 0 spiro atoms. The molecule has 26 heavy (non-hydrogen) atoms. The minimum absolute atomic E-state index is 0. The Bertz CT molecular complexity index is 681. The van der Waals surface area contributed by atoms with Crippen molar-refractivity contribution in [2.24, 2.45) is 10.9 Å². The maximum Gasteiger partial charge on any atom is 0.213 e. The Labute approximate surface area is 172 Å². The van der Waals surface area contributed by atoms with Crippen LogP contribution in [0.25, 0.3) is 0 Å². The molecule has 0 aromatic heterocycles. The molecule has 1 aromatic rings. The van der Waals surface area contributed by atoms with Gasteiger partial charge < -0.3 is 10.6 Å². The van der Waals surface area contributed by atoms with E-state index in [0.29, 0.717) is 31.5 Å². The van der Waals surface area contributed by atoms with Crippen LogP contribution in [0.15, 0.2) is 29.3 Å². The number of guanidine groups is 1. The Balaban J connectivity index is 0.00000338. The van der Waals surface area contributed by atoms with E-state index >= 15 is 0 Å². The number of aliphatic imine (C=N–C) groups is 1. The Hall–Kier alpha value is -0.940. The van der Waals surface area contributed by atoms with Gasteiger partial charge in [0, 0.05) is 19.6 Å². The highest BCUT2D eigenvalue weighted by atomic mass is 127. The molecule has 148 valence electrons. The van der Waals surface area contributed by atoms with Crippen LogP contribution in [0.2, 0.25) is 0 Å². The van der Waals surface area contributed by atoms with E-state index in [1.54, 1.807) is 12.1 Å². The second kappa shape index (κ2) is 11.7. The summed E-state index contributed by atoms with van der Waals surface area (Å²) < 4.78 is 39.8. The van der Waals surface area contributed by atoms with Gasteiger partial charge in [-0.15, -0.1) is 24.0 Å². The van der Waals surface area contributed by atoms with E-state index in [-0.39, 0.29) is 42.1 Å². The van der Waals surface area contributed by atoms with Crippen LogP contribution < -0.4 is 15.4 Å². The van der Waals surface area contributed by atoms with Gasteiger partial charge >= 0.3 is 0 Å². The molecule has 6 nitrogen and oxygen atoms in total. The highest BCUT2D eigenvalue weighted by Gasteiger charge is 2.20. The molecule has 0 bridgehead atoms. The van der Waals surface area contributed by atoms with Gasteiger partial charge in [-0.25, -0.2) is 22.5 Å². The van der Waals surface area contributed by atoms with Gasteiger partial charge in [0.05, 0.1) is 12.3 Å². The molecule has 9 heteroatoms. The van der Waals surface area contributed by atoms with Crippen LogP contribution in [0.1, 0.15) is 31.7 Å². The number of hydrogen-bond acceptors (Lipinski definition) is 3. The van der Waals surface area contributed by atoms with Gasteiger partial charge in [-0.1, -0.05) is 18.6 Å².